The van der Waals surface area contributed by atoms with Gasteiger partial charge in [-0.25, -0.2) is 9.83 Å². The number of rotatable bonds is 3. The topological polar surface area (TPSA) is 51.4 Å². The van der Waals surface area contributed by atoms with Gasteiger partial charge in [-0.3, -0.25) is 10.5 Å². The van der Waals surface area contributed by atoms with Crippen LogP contribution in [0.2, 0.25) is 0 Å². The summed E-state index contributed by atoms with van der Waals surface area (Å²) in [7, 11) is 0. The average Bonchev–Trinajstić information content (AvgIpc) is 3.22. The van der Waals surface area contributed by atoms with Crippen LogP contribution in [0.25, 0.3) is 10.9 Å². The van der Waals surface area contributed by atoms with Crippen LogP contribution in [0.1, 0.15) is 36.6 Å². The Balaban J connectivity index is 1.90. The number of nitrogens with one attached hydrogen (secondary N) is 1. The van der Waals surface area contributed by atoms with Crippen molar-refractivity contribution in [2.45, 2.75) is 32.5 Å². The Morgan fingerprint density at radius 3 is 2.79 bits per heavy atom. The van der Waals surface area contributed by atoms with Crippen LogP contribution in [-0.2, 0) is 10.6 Å². The molecule has 5 heteroatoms. The minimum atomic E-state index is -0.874. The lowest BCUT2D eigenvalue weighted by atomic mass is 9.92. The zero-order valence-corrected chi connectivity index (χ0v) is 14.0. The zero-order valence-electron chi connectivity index (χ0n) is 14.0. The Morgan fingerprint density at radius 1 is 1.21 bits per heavy atom. The number of hydrogen-bond donors (Lipinski definition) is 1. The van der Waals surface area contributed by atoms with Crippen molar-refractivity contribution >= 4 is 17.2 Å². The summed E-state index contributed by atoms with van der Waals surface area (Å²) in [6, 6.07) is 10.9. The molecule has 0 spiro atoms. The zero-order chi connectivity index (χ0) is 16.7. The molecule has 3 aromatic rings. The van der Waals surface area contributed by atoms with Gasteiger partial charge in [0.05, 0.1) is 0 Å². The van der Waals surface area contributed by atoms with Gasteiger partial charge in [-0.2, -0.15) is 0 Å². The summed E-state index contributed by atoms with van der Waals surface area (Å²) < 4.78 is 2.26. The van der Waals surface area contributed by atoms with Crippen LogP contribution in [0, 0.1) is 6.92 Å². The highest BCUT2D eigenvalue weighted by Crippen LogP contribution is 2.39. The summed E-state index contributed by atoms with van der Waals surface area (Å²) in [6.45, 7) is 6.39. The van der Waals surface area contributed by atoms with Crippen LogP contribution in [0.4, 0.5) is 0 Å². The average molecular weight is 320 g/mol. The number of aryl methyl sites for hydroxylation is 1. The molecule has 0 saturated heterocycles. The summed E-state index contributed by atoms with van der Waals surface area (Å²) in [6.07, 6.45) is 7.33. The molecule has 1 atom stereocenters. The van der Waals surface area contributed by atoms with E-state index in [1.807, 2.05) is 19.2 Å². The van der Waals surface area contributed by atoms with Crippen molar-refractivity contribution in [2.24, 2.45) is 4.99 Å². The van der Waals surface area contributed by atoms with Gasteiger partial charge in [-0.15, -0.1) is 0 Å². The lowest BCUT2D eigenvalue weighted by Gasteiger charge is -2.26. The molecule has 4 rings (SSSR count). The molecule has 1 aliphatic heterocycles. The summed E-state index contributed by atoms with van der Waals surface area (Å²) >= 11 is 0. The fourth-order valence-electron chi connectivity index (χ4n) is 3.35. The van der Waals surface area contributed by atoms with E-state index in [2.05, 4.69) is 64.3 Å². The van der Waals surface area contributed by atoms with Gasteiger partial charge in [0.1, 0.15) is 6.34 Å². The molecular weight excluding hydrogens is 300 g/mol. The number of aliphatic imine (C=N–C) groups is 1. The maximum atomic E-state index is 5.89. The van der Waals surface area contributed by atoms with Crippen molar-refractivity contribution in [2.75, 3.05) is 0 Å². The van der Waals surface area contributed by atoms with E-state index in [1.54, 1.807) is 12.5 Å². The van der Waals surface area contributed by atoms with E-state index < -0.39 is 5.72 Å². The molecule has 2 aromatic heterocycles. The molecular formula is C19H20N4O. The molecule has 0 bridgehead atoms. The van der Waals surface area contributed by atoms with E-state index in [4.69, 9.17) is 4.84 Å². The number of hydrogen-bond acceptors (Lipinski definition) is 4. The standard InChI is InChI=1S/C19H20N4O/c1-13(2)23-9-7-15-10-16(4-5-18(15)23)19(21-12-22-24-19)17-6-8-20-11-14(17)3/h4-13H,1-3H3,(H,21,22). The first-order valence-corrected chi connectivity index (χ1v) is 8.11. The predicted molar refractivity (Wildman–Crippen MR) is 94.8 cm³/mol. The van der Waals surface area contributed by atoms with E-state index in [0.29, 0.717) is 6.04 Å². The Kier molecular flexibility index (Phi) is 3.39. The van der Waals surface area contributed by atoms with Crippen LogP contribution in [0.15, 0.2) is 53.9 Å². The molecule has 1 unspecified atom stereocenters. The minimum Gasteiger partial charge on any atom is -0.345 e. The Hall–Kier alpha value is -2.66. The highest BCUT2D eigenvalue weighted by molar-refractivity contribution is 5.81. The van der Waals surface area contributed by atoms with Crippen LogP contribution < -0.4 is 5.48 Å². The second kappa shape index (κ2) is 5.46. The number of fused-ring (bicyclic) bond motifs is 1. The second-order valence-electron chi connectivity index (χ2n) is 6.40. The fraction of sp³-hybridized carbons (Fsp3) is 0.263. The molecule has 0 radical (unpaired) electrons. The molecule has 3 heterocycles. The first-order valence-electron chi connectivity index (χ1n) is 8.11. The van der Waals surface area contributed by atoms with E-state index in [1.165, 1.54) is 10.9 Å². The summed E-state index contributed by atoms with van der Waals surface area (Å²) in [5.41, 5.74) is 6.15. The predicted octanol–water partition coefficient (Wildman–Crippen LogP) is 3.69. The van der Waals surface area contributed by atoms with E-state index in [0.717, 1.165) is 16.7 Å². The first kappa shape index (κ1) is 14.9. The second-order valence-corrected chi connectivity index (χ2v) is 6.40. The largest absolute Gasteiger partial charge is 0.345 e. The van der Waals surface area contributed by atoms with Crippen molar-refractivity contribution in [3.8, 4) is 0 Å². The van der Waals surface area contributed by atoms with Gasteiger partial charge in [0.25, 0.3) is 0 Å². The van der Waals surface area contributed by atoms with Crippen LogP contribution >= 0.6 is 0 Å². The number of hydroxylamine groups is 1. The van der Waals surface area contributed by atoms with Crippen LogP contribution in [-0.4, -0.2) is 15.9 Å². The van der Waals surface area contributed by atoms with E-state index in [9.17, 15) is 0 Å². The van der Waals surface area contributed by atoms with Gasteiger partial charge in [0.15, 0.2) is 0 Å². The highest BCUT2D eigenvalue weighted by atomic mass is 16.7. The SMILES string of the molecule is Cc1cnccc1C1(c2ccc3c(ccn3C(C)C)c2)N=CNO1. The lowest BCUT2D eigenvalue weighted by Crippen LogP contribution is -2.29. The highest BCUT2D eigenvalue weighted by Gasteiger charge is 2.39. The van der Waals surface area contributed by atoms with Gasteiger partial charge in [0, 0.05) is 46.7 Å². The normalized spacial score (nSPS) is 20.0. The summed E-state index contributed by atoms with van der Waals surface area (Å²) in [4.78, 5) is 14.7. The van der Waals surface area contributed by atoms with Crippen molar-refractivity contribution < 1.29 is 4.84 Å². The molecule has 1 aromatic carbocycles. The van der Waals surface area contributed by atoms with Crippen LogP contribution in [0.3, 0.4) is 0 Å². The maximum Gasteiger partial charge on any atom is 0.238 e. The lowest BCUT2D eigenvalue weighted by molar-refractivity contribution is -0.0282. The van der Waals surface area contributed by atoms with Crippen LogP contribution in [0.5, 0.6) is 0 Å². The third-order valence-corrected chi connectivity index (χ3v) is 4.56. The van der Waals surface area contributed by atoms with Gasteiger partial charge in [-0.1, -0.05) is 6.07 Å². The molecule has 122 valence electrons. The third kappa shape index (κ3) is 2.12. The molecule has 1 N–H and O–H groups in total. The van der Waals surface area contributed by atoms with Crippen molar-refractivity contribution in [3.05, 3.63) is 65.6 Å². The van der Waals surface area contributed by atoms with E-state index in [-0.39, 0.29) is 0 Å². The summed E-state index contributed by atoms with van der Waals surface area (Å²) in [5.74, 6) is 0. The molecule has 1 aliphatic rings. The van der Waals surface area contributed by atoms with Crippen molar-refractivity contribution in [1.29, 1.82) is 0 Å². The maximum absolute atomic E-state index is 5.89. The van der Waals surface area contributed by atoms with Crippen molar-refractivity contribution in [3.63, 3.8) is 0 Å². The molecule has 24 heavy (non-hydrogen) atoms. The van der Waals surface area contributed by atoms with Gasteiger partial charge in [-0.05, 0) is 50.6 Å². The molecule has 0 aliphatic carbocycles. The number of aromatic nitrogens is 2. The van der Waals surface area contributed by atoms with E-state index >= 15 is 0 Å². The number of nitrogens with zero attached hydrogens (tertiary/aromatic N) is 3. The first-order chi connectivity index (χ1) is 11.6. The third-order valence-electron chi connectivity index (χ3n) is 4.56. The Morgan fingerprint density at radius 2 is 2.08 bits per heavy atom. The molecule has 0 amide bonds. The molecule has 0 fully saturated rings. The van der Waals surface area contributed by atoms with Gasteiger partial charge >= 0.3 is 0 Å². The fourth-order valence-corrected chi connectivity index (χ4v) is 3.35. The monoisotopic (exact) mass is 320 g/mol. The van der Waals surface area contributed by atoms with Crippen molar-refractivity contribution in [1.82, 2.24) is 15.0 Å². The quantitative estimate of drug-likeness (QED) is 0.801. The van der Waals surface area contributed by atoms with Gasteiger partial charge in [0.2, 0.25) is 5.72 Å². The summed E-state index contributed by atoms with van der Waals surface area (Å²) in [5, 5.41) is 1.18. The number of benzene rings is 1. The van der Waals surface area contributed by atoms with Gasteiger partial charge < -0.3 is 4.57 Å². The Bertz CT molecular complexity index is 928. The smallest absolute Gasteiger partial charge is 0.238 e. The molecule has 5 nitrogen and oxygen atoms in total. The molecule has 0 saturated carbocycles. The number of pyridine rings is 1. The minimum absolute atomic E-state index is 0.423. The Labute approximate surface area is 141 Å².